The van der Waals surface area contributed by atoms with Gasteiger partial charge in [0.25, 0.3) is 5.91 Å². The Bertz CT molecular complexity index is 444. The van der Waals surface area contributed by atoms with Crippen LogP contribution in [0.25, 0.3) is 0 Å². The highest BCUT2D eigenvalue weighted by Crippen LogP contribution is 2.47. The molecule has 2 aliphatic carbocycles. The van der Waals surface area contributed by atoms with E-state index in [2.05, 4.69) is 15.5 Å². The van der Waals surface area contributed by atoms with Crippen molar-refractivity contribution in [3.05, 3.63) is 24.0 Å². The van der Waals surface area contributed by atoms with Crippen LogP contribution in [-0.4, -0.2) is 22.1 Å². The van der Waals surface area contributed by atoms with Crippen molar-refractivity contribution in [2.75, 3.05) is 0 Å². The molecule has 4 nitrogen and oxygen atoms in total. The maximum absolute atomic E-state index is 12.1. The Morgan fingerprint density at radius 1 is 1.10 bits per heavy atom. The molecule has 1 amide bonds. The summed E-state index contributed by atoms with van der Waals surface area (Å²) in [5.74, 6) is -0.00973. The molecule has 0 unspecified atom stereocenters. The van der Waals surface area contributed by atoms with Crippen molar-refractivity contribution in [1.82, 2.24) is 15.5 Å². The van der Waals surface area contributed by atoms with Gasteiger partial charge in [0, 0.05) is 6.04 Å². The standard InChI is InChI=1S/C16H23N3O/c20-15(13-6-11-17-18-12-13)19-14-4-9-16(10-5-14)7-2-1-3-8-16/h6,11-12,14H,1-5,7-10H2,(H,19,20). The molecule has 1 heterocycles. The SMILES string of the molecule is O=C(NC1CCC2(CCCCC2)CC1)c1ccnnc1. The van der Waals surface area contributed by atoms with Gasteiger partial charge in [0.1, 0.15) is 0 Å². The Hall–Kier alpha value is -1.45. The van der Waals surface area contributed by atoms with Crippen LogP contribution < -0.4 is 5.32 Å². The van der Waals surface area contributed by atoms with Crippen LogP contribution in [0.3, 0.4) is 0 Å². The Labute approximate surface area is 120 Å². The zero-order valence-electron chi connectivity index (χ0n) is 12.0. The van der Waals surface area contributed by atoms with Gasteiger partial charge in [-0.25, -0.2) is 0 Å². The van der Waals surface area contributed by atoms with Crippen molar-refractivity contribution in [2.24, 2.45) is 5.41 Å². The Morgan fingerprint density at radius 2 is 1.85 bits per heavy atom. The third-order valence-corrected chi connectivity index (χ3v) is 5.14. The number of aromatic nitrogens is 2. The Balaban J connectivity index is 1.52. The lowest BCUT2D eigenvalue weighted by molar-refractivity contribution is 0.0835. The molecule has 0 radical (unpaired) electrons. The van der Waals surface area contributed by atoms with Crippen molar-refractivity contribution in [1.29, 1.82) is 0 Å². The molecule has 2 saturated carbocycles. The lowest BCUT2D eigenvalue weighted by Crippen LogP contribution is -2.41. The largest absolute Gasteiger partial charge is 0.349 e. The zero-order chi connectivity index (χ0) is 13.8. The summed E-state index contributed by atoms with van der Waals surface area (Å²) < 4.78 is 0. The molecule has 0 aliphatic heterocycles. The number of nitrogens with one attached hydrogen (secondary N) is 1. The number of amides is 1. The van der Waals surface area contributed by atoms with E-state index in [0.717, 1.165) is 12.8 Å². The molecule has 4 heteroatoms. The van der Waals surface area contributed by atoms with Gasteiger partial charge in [-0.3, -0.25) is 4.79 Å². The highest BCUT2D eigenvalue weighted by molar-refractivity contribution is 5.93. The molecule has 1 aromatic rings. The molecule has 2 aliphatic rings. The summed E-state index contributed by atoms with van der Waals surface area (Å²) in [5.41, 5.74) is 1.22. The van der Waals surface area contributed by atoms with E-state index < -0.39 is 0 Å². The molecule has 0 atom stereocenters. The van der Waals surface area contributed by atoms with Crippen molar-refractivity contribution in [3.63, 3.8) is 0 Å². The smallest absolute Gasteiger partial charge is 0.253 e. The van der Waals surface area contributed by atoms with Gasteiger partial charge in [0.05, 0.1) is 18.0 Å². The predicted octanol–water partition coefficient (Wildman–Crippen LogP) is 3.10. The van der Waals surface area contributed by atoms with E-state index in [1.165, 1.54) is 51.1 Å². The van der Waals surface area contributed by atoms with Crippen LogP contribution in [0.1, 0.15) is 68.1 Å². The van der Waals surface area contributed by atoms with E-state index in [1.54, 1.807) is 12.3 Å². The number of nitrogens with zero attached hydrogens (tertiary/aromatic N) is 2. The first-order valence-corrected chi connectivity index (χ1v) is 7.85. The van der Waals surface area contributed by atoms with E-state index in [-0.39, 0.29) is 5.91 Å². The minimum atomic E-state index is -0.00973. The van der Waals surface area contributed by atoms with Crippen molar-refractivity contribution in [3.8, 4) is 0 Å². The molecule has 1 spiro atoms. The fraction of sp³-hybridized carbons (Fsp3) is 0.688. The number of carbonyl (C=O) groups excluding carboxylic acids is 1. The average molecular weight is 273 g/mol. The summed E-state index contributed by atoms with van der Waals surface area (Å²) in [6.45, 7) is 0. The second-order valence-corrected chi connectivity index (χ2v) is 6.44. The van der Waals surface area contributed by atoms with Gasteiger partial charge in [-0.05, 0) is 50.0 Å². The van der Waals surface area contributed by atoms with Crippen LogP contribution in [0.4, 0.5) is 0 Å². The normalized spacial score (nSPS) is 22.6. The quantitative estimate of drug-likeness (QED) is 0.900. The summed E-state index contributed by atoms with van der Waals surface area (Å²) in [6.07, 6.45) is 14.9. The van der Waals surface area contributed by atoms with Gasteiger partial charge in [-0.15, -0.1) is 0 Å². The van der Waals surface area contributed by atoms with Gasteiger partial charge in [-0.2, -0.15) is 10.2 Å². The average Bonchev–Trinajstić information content (AvgIpc) is 2.52. The predicted molar refractivity (Wildman–Crippen MR) is 77.3 cm³/mol. The second-order valence-electron chi connectivity index (χ2n) is 6.44. The number of carbonyl (C=O) groups is 1. The molecule has 3 rings (SSSR count). The monoisotopic (exact) mass is 273 g/mol. The highest BCUT2D eigenvalue weighted by atomic mass is 16.1. The molecule has 0 bridgehead atoms. The van der Waals surface area contributed by atoms with Gasteiger partial charge in [-0.1, -0.05) is 19.3 Å². The van der Waals surface area contributed by atoms with E-state index in [4.69, 9.17) is 0 Å². The van der Waals surface area contributed by atoms with Gasteiger partial charge in [0.15, 0.2) is 0 Å². The fourth-order valence-electron chi connectivity index (χ4n) is 3.87. The molecule has 1 aromatic heterocycles. The first kappa shape index (κ1) is 13.5. The summed E-state index contributed by atoms with van der Waals surface area (Å²) in [4.78, 5) is 12.1. The molecule has 0 saturated heterocycles. The first-order chi connectivity index (χ1) is 9.77. The maximum atomic E-state index is 12.1. The number of rotatable bonds is 2. The van der Waals surface area contributed by atoms with E-state index >= 15 is 0 Å². The van der Waals surface area contributed by atoms with E-state index in [9.17, 15) is 4.79 Å². The van der Waals surface area contributed by atoms with Crippen LogP contribution in [0.2, 0.25) is 0 Å². The molecular formula is C16H23N3O. The highest BCUT2D eigenvalue weighted by Gasteiger charge is 2.36. The Kier molecular flexibility index (Phi) is 3.99. The van der Waals surface area contributed by atoms with Crippen LogP contribution in [0.5, 0.6) is 0 Å². The molecule has 0 aromatic carbocycles. The van der Waals surface area contributed by atoms with Gasteiger partial charge >= 0.3 is 0 Å². The van der Waals surface area contributed by atoms with Crippen LogP contribution in [0.15, 0.2) is 18.5 Å². The minimum absolute atomic E-state index is 0.00973. The second kappa shape index (κ2) is 5.90. The fourth-order valence-corrected chi connectivity index (χ4v) is 3.87. The summed E-state index contributed by atoms with van der Waals surface area (Å²) in [5, 5.41) is 10.6. The summed E-state index contributed by atoms with van der Waals surface area (Å²) in [6, 6.07) is 2.05. The van der Waals surface area contributed by atoms with Crippen molar-refractivity contribution >= 4 is 5.91 Å². The molecule has 1 N–H and O–H groups in total. The molecule has 2 fully saturated rings. The summed E-state index contributed by atoms with van der Waals surface area (Å²) >= 11 is 0. The topological polar surface area (TPSA) is 54.9 Å². The number of hydrogen-bond donors (Lipinski definition) is 1. The van der Waals surface area contributed by atoms with Crippen LogP contribution in [0, 0.1) is 5.41 Å². The lowest BCUT2D eigenvalue weighted by atomic mass is 9.64. The molecular weight excluding hydrogens is 250 g/mol. The van der Waals surface area contributed by atoms with Crippen LogP contribution in [-0.2, 0) is 0 Å². The third kappa shape index (κ3) is 3.00. The molecule has 20 heavy (non-hydrogen) atoms. The van der Waals surface area contributed by atoms with Crippen LogP contribution >= 0.6 is 0 Å². The van der Waals surface area contributed by atoms with E-state index in [1.807, 2.05) is 0 Å². The van der Waals surface area contributed by atoms with Crippen molar-refractivity contribution < 1.29 is 4.79 Å². The number of hydrogen-bond acceptors (Lipinski definition) is 3. The van der Waals surface area contributed by atoms with Crippen molar-refractivity contribution in [2.45, 2.75) is 63.8 Å². The zero-order valence-corrected chi connectivity index (χ0v) is 12.0. The Morgan fingerprint density at radius 3 is 2.50 bits per heavy atom. The molecule has 108 valence electrons. The lowest BCUT2D eigenvalue weighted by Gasteiger charge is -2.43. The third-order valence-electron chi connectivity index (χ3n) is 5.14. The summed E-state index contributed by atoms with van der Waals surface area (Å²) in [7, 11) is 0. The van der Waals surface area contributed by atoms with Gasteiger partial charge < -0.3 is 5.32 Å². The first-order valence-electron chi connectivity index (χ1n) is 7.85. The minimum Gasteiger partial charge on any atom is -0.349 e. The maximum Gasteiger partial charge on any atom is 0.253 e. The van der Waals surface area contributed by atoms with E-state index in [0.29, 0.717) is 17.0 Å². The van der Waals surface area contributed by atoms with Gasteiger partial charge in [0.2, 0.25) is 0 Å².